The second kappa shape index (κ2) is 1.55. The molecule has 0 aromatic heterocycles. The van der Waals surface area contributed by atoms with E-state index in [1.54, 1.807) is 6.08 Å². The van der Waals surface area contributed by atoms with Gasteiger partial charge in [-0.3, -0.25) is 10.1 Å². The van der Waals surface area contributed by atoms with Crippen molar-refractivity contribution in [1.82, 2.24) is 5.32 Å². The van der Waals surface area contributed by atoms with Crippen LogP contribution in [0, 0.1) is 0 Å². The van der Waals surface area contributed by atoms with Gasteiger partial charge in [0.05, 0.1) is 0 Å². The molecule has 2 rings (SSSR count). The van der Waals surface area contributed by atoms with Crippen LogP contribution in [-0.2, 0) is 4.79 Å². The maximum absolute atomic E-state index is 11.1. The average molecular weight is 136 g/mol. The van der Waals surface area contributed by atoms with Crippen molar-refractivity contribution in [3.05, 3.63) is 12.2 Å². The zero-order chi connectivity index (χ0) is 7.19. The third-order valence-electron chi connectivity index (χ3n) is 2.05. The summed E-state index contributed by atoms with van der Waals surface area (Å²) in [6.07, 6.45) is 5.20. The number of nitrogens with one attached hydrogen (secondary N) is 1. The number of carbonyl (C=O) groups is 1. The Kier molecular flexibility index (Phi) is 0.898. The molecule has 0 aromatic rings. The molecule has 1 amide bonds. The number of carbonyl (C=O) groups excluding carboxylic acids is 1. The third kappa shape index (κ3) is 0.529. The van der Waals surface area contributed by atoms with Crippen molar-refractivity contribution in [3.63, 3.8) is 0 Å². The number of allylic oxidation sites excluding steroid dienone is 1. The lowest BCUT2D eigenvalue weighted by molar-refractivity contribution is -0.119. The molecule has 10 heavy (non-hydrogen) atoms. The zero-order valence-corrected chi connectivity index (χ0v) is 5.66. The van der Waals surface area contributed by atoms with Gasteiger partial charge < -0.3 is 0 Å². The molecule has 0 aromatic carbocycles. The van der Waals surface area contributed by atoms with E-state index < -0.39 is 5.54 Å². The van der Waals surface area contributed by atoms with Gasteiger partial charge in [0.2, 0.25) is 0 Å². The molecule has 0 saturated carbocycles. The second-order valence-electron chi connectivity index (χ2n) is 2.68. The van der Waals surface area contributed by atoms with E-state index in [2.05, 4.69) is 10.3 Å². The lowest BCUT2D eigenvalue weighted by Gasteiger charge is -2.05. The van der Waals surface area contributed by atoms with Gasteiger partial charge in [0.25, 0.3) is 5.91 Å². The van der Waals surface area contributed by atoms with Crippen LogP contribution in [0.2, 0.25) is 0 Å². The van der Waals surface area contributed by atoms with Crippen LogP contribution in [0.1, 0.15) is 6.92 Å². The largest absolute Gasteiger partial charge is 0.293 e. The zero-order valence-electron chi connectivity index (χ0n) is 5.66. The van der Waals surface area contributed by atoms with Crippen LogP contribution < -0.4 is 5.32 Å². The lowest BCUT2D eigenvalue weighted by Crippen LogP contribution is -2.26. The Labute approximate surface area is 58.8 Å². The number of dihydropyridines is 1. The number of amides is 1. The maximum atomic E-state index is 11.1. The first kappa shape index (κ1) is 5.80. The first-order valence-electron chi connectivity index (χ1n) is 3.30. The average Bonchev–Trinajstić information content (AvgIpc) is 2.53. The predicted molar refractivity (Wildman–Crippen MR) is 38.0 cm³/mol. The van der Waals surface area contributed by atoms with Gasteiger partial charge in [0.15, 0.2) is 0 Å². The summed E-state index contributed by atoms with van der Waals surface area (Å²) < 4.78 is 0. The van der Waals surface area contributed by atoms with Crippen molar-refractivity contribution in [2.45, 2.75) is 18.5 Å². The van der Waals surface area contributed by atoms with Gasteiger partial charge in [-0.2, -0.15) is 0 Å². The summed E-state index contributed by atoms with van der Waals surface area (Å²) in [4.78, 5) is 14.8. The van der Waals surface area contributed by atoms with E-state index in [0.717, 1.165) is 0 Å². The second-order valence-corrected chi connectivity index (χ2v) is 2.68. The SMILES string of the molecule is C[C@@H]1N[C@]12C=CC=NC2=O. The molecule has 0 bridgehead atoms. The van der Waals surface area contributed by atoms with Gasteiger partial charge in [-0.05, 0) is 13.0 Å². The highest BCUT2D eigenvalue weighted by Crippen LogP contribution is 2.30. The molecule has 52 valence electrons. The number of rotatable bonds is 0. The van der Waals surface area contributed by atoms with Crippen LogP contribution >= 0.6 is 0 Å². The molecule has 2 aliphatic heterocycles. The minimum atomic E-state index is -0.422. The quantitative estimate of drug-likeness (QED) is 0.472. The maximum Gasteiger partial charge on any atom is 0.271 e. The van der Waals surface area contributed by atoms with Gasteiger partial charge in [-0.1, -0.05) is 6.08 Å². The monoisotopic (exact) mass is 136 g/mol. The van der Waals surface area contributed by atoms with Gasteiger partial charge in [-0.25, -0.2) is 4.99 Å². The Hall–Kier alpha value is -0.960. The summed E-state index contributed by atoms with van der Waals surface area (Å²) in [5, 5.41) is 3.05. The molecule has 3 heteroatoms. The Morgan fingerprint density at radius 1 is 1.80 bits per heavy atom. The van der Waals surface area contributed by atoms with Crippen LogP contribution in [0.3, 0.4) is 0 Å². The predicted octanol–water partition coefficient (Wildman–Crippen LogP) is -0.116. The standard InChI is InChI=1S/C7H8N2O/c1-5-7(9-5)3-2-4-8-6(7)10/h2-5,9H,1H3/t5-,7+/m0/s1. The summed E-state index contributed by atoms with van der Waals surface area (Å²) in [5.74, 6) is -0.0671. The highest BCUT2D eigenvalue weighted by molar-refractivity contribution is 6.02. The molecule has 0 unspecified atom stereocenters. The van der Waals surface area contributed by atoms with E-state index in [1.807, 2.05) is 13.0 Å². The summed E-state index contributed by atoms with van der Waals surface area (Å²) in [5.41, 5.74) is -0.422. The van der Waals surface area contributed by atoms with Crippen LogP contribution in [0.5, 0.6) is 0 Å². The number of aliphatic imine (C=N–C) groups is 1. The van der Waals surface area contributed by atoms with Gasteiger partial charge in [0, 0.05) is 12.3 Å². The summed E-state index contributed by atoms with van der Waals surface area (Å²) in [7, 11) is 0. The van der Waals surface area contributed by atoms with Gasteiger partial charge in [-0.15, -0.1) is 0 Å². The molecule has 2 heterocycles. The molecular formula is C7H8N2O. The van der Waals surface area contributed by atoms with Crippen molar-refractivity contribution in [2.24, 2.45) is 4.99 Å². The molecule has 1 saturated heterocycles. The fourth-order valence-corrected chi connectivity index (χ4v) is 1.24. The minimum Gasteiger partial charge on any atom is -0.293 e. The van der Waals surface area contributed by atoms with E-state index in [-0.39, 0.29) is 11.9 Å². The van der Waals surface area contributed by atoms with Crippen LogP contribution in [0.4, 0.5) is 0 Å². The normalized spacial score (nSPS) is 42.9. The number of nitrogens with zero attached hydrogens (tertiary/aromatic N) is 1. The molecule has 1 N–H and O–H groups in total. The molecular weight excluding hydrogens is 128 g/mol. The van der Waals surface area contributed by atoms with Crippen LogP contribution in [0.25, 0.3) is 0 Å². The molecule has 2 atom stereocenters. The fourth-order valence-electron chi connectivity index (χ4n) is 1.24. The highest BCUT2D eigenvalue weighted by Gasteiger charge is 2.55. The van der Waals surface area contributed by atoms with Gasteiger partial charge >= 0.3 is 0 Å². The smallest absolute Gasteiger partial charge is 0.271 e. The first-order chi connectivity index (χ1) is 4.76. The van der Waals surface area contributed by atoms with Gasteiger partial charge in [0.1, 0.15) is 5.54 Å². The summed E-state index contributed by atoms with van der Waals surface area (Å²) >= 11 is 0. The molecule has 0 aliphatic carbocycles. The number of hydrogen-bond donors (Lipinski definition) is 1. The van der Waals surface area contributed by atoms with Crippen molar-refractivity contribution >= 4 is 12.1 Å². The molecule has 0 radical (unpaired) electrons. The van der Waals surface area contributed by atoms with E-state index in [9.17, 15) is 4.79 Å². The fraction of sp³-hybridized carbons (Fsp3) is 0.429. The van der Waals surface area contributed by atoms with E-state index in [4.69, 9.17) is 0 Å². The molecule has 2 aliphatic rings. The van der Waals surface area contributed by atoms with Crippen molar-refractivity contribution in [1.29, 1.82) is 0 Å². The minimum absolute atomic E-state index is 0.0671. The molecule has 1 fully saturated rings. The lowest BCUT2D eigenvalue weighted by atomic mass is 10.0. The van der Waals surface area contributed by atoms with E-state index in [0.29, 0.717) is 0 Å². The van der Waals surface area contributed by atoms with E-state index >= 15 is 0 Å². The van der Waals surface area contributed by atoms with E-state index in [1.165, 1.54) is 6.21 Å². The first-order valence-corrected chi connectivity index (χ1v) is 3.30. The van der Waals surface area contributed by atoms with Crippen LogP contribution in [0.15, 0.2) is 17.1 Å². The Bertz CT molecular complexity index is 244. The number of hydrogen-bond acceptors (Lipinski definition) is 2. The Balaban J connectivity index is 2.33. The highest BCUT2D eigenvalue weighted by atomic mass is 16.2. The third-order valence-corrected chi connectivity index (χ3v) is 2.05. The van der Waals surface area contributed by atoms with Crippen molar-refractivity contribution < 1.29 is 4.79 Å². The van der Waals surface area contributed by atoms with Crippen molar-refractivity contribution in [3.8, 4) is 0 Å². The Morgan fingerprint density at radius 2 is 2.50 bits per heavy atom. The van der Waals surface area contributed by atoms with Crippen LogP contribution in [-0.4, -0.2) is 23.7 Å². The molecule has 1 spiro atoms. The summed E-state index contributed by atoms with van der Waals surface area (Å²) in [6, 6.07) is 0.258. The Morgan fingerprint density at radius 3 is 2.90 bits per heavy atom. The summed E-state index contributed by atoms with van der Waals surface area (Å²) in [6.45, 7) is 1.98. The molecule has 3 nitrogen and oxygen atoms in total. The van der Waals surface area contributed by atoms with Crippen molar-refractivity contribution in [2.75, 3.05) is 0 Å². The topological polar surface area (TPSA) is 51.4 Å².